The molecular weight excluding hydrogens is 396 g/mol. The van der Waals surface area contributed by atoms with Gasteiger partial charge in [0.05, 0.1) is 12.8 Å². The largest absolute Gasteiger partial charge is 0.469 e. The molecule has 0 aliphatic carbocycles. The van der Waals surface area contributed by atoms with Gasteiger partial charge in [0.2, 0.25) is 0 Å². The van der Waals surface area contributed by atoms with Crippen LogP contribution < -0.4 is 10.6 Å². The minimum atomic E-state index is 0.430. The molecule has 1 aliphatic rings. The van der Waals surface area contributed by atoms with Gasteiger partial charge in [-0.3, -0.25) is 4.90 Å². The molecule has 0 saturated carbocycles. The quantitative estimate of drug-likeness (QED) is 0.399. The summed E-state index contributed by atoms with van der Waals surface area (Å²) in [6, 6.07) is 26.0. The number of piperidine rings is 1. The number of nitrogens with zero attached hydrogens (tertiary/aromatic N) is 2. The van der Waals surface area contributed by atoms with Crippen molar-refractivity contribution in [2.24, 2.45) is 4.99 Å². The molecule has 1 atom stereocenters. The zero-order valence-corrected chi connectivity index (χ0v) is 18.9. The van der Waals surface area contributed by atoms with Crippen molar-refractivity contribution < 1.29 is 4.42 Å². The molecule has 1 saturated heterocycles. The molecule has 0 radical (unpaired) electrons. The second kappa shape index (κ2) is 11.5. The van der Waals surface area contributed by atoms with Gasteiger partial charge in [0.25, 0.3) is 0 Å². The molecule has 2 N–H and O–H groups in total. The van der Waals surface area contributed by atoms with Crippen LogP contribution in [0.2, 0.25) is 0 Å². The summed E-state index contributed by atoms with van der Waals surface area (Å²) in [7, 11) is 0. The van der Waals surface area contributed by atoms with Gasteiger partial charge in [-0.15, -0.1) is 0 Å². The van der Waals surface area contributed by atoms with Crippen LogP contribution in [0.5, 0.6) is 0 Å². The van der Waals surface area contributed by atoms with Gasteiger partial charge in [-0.05, 0) is 43.0 Å². The Hall–Kier alpha value is -3.05. The minimum absolute atomic E-state index is 0.430. The number of guanidine groups is 1. The number of likely N-dealkylation sites (tertiary alicyclic amines) is 1. The molecule has 0 bridgehead atoms. The standard InChI is InChI=1S/C27H34N4O/c1-22(24-11-6-3-7-12-24)31-18-15-25(16-19-31)30-27(28-17-14-26-13-8-20-32-26)29-21-23-9-4-2-5-10-23/h2-13,20,22,25H,14-19,21H2,1H3,(H2,28,29,30). The average molecular weight is 431 g/mol. The fourth-order valence-electron chi connectivity index (χ4n) is 4.23. The smallest absolute Gasteiger partial charge is 0.191 e. The van der Waals surface area contributed by atoms with Gasteiger partial charge in [0.1, 0.15) is 5.76 Å². The molecule has 2 heterocycles. The van der Waals surface area contributed by atoms with E-state index in [0.717, 1.165) is 50.6 Å². The molecule has 0 spiro atoms. The number of nitrogens with one attached hydrogen (secondary N) is 2. The Balaban J connectivity index is 1.31. The second-order valence-electron chi connectivity index (χ2n) is 8.45. The van der Waals surface area contributed by atoms with Crippen LogP contribution in [0.15, 0.2) is 88.5 Å². The van der Waals surface area contributed by atoms with E-state index in [-0.39, 0.29) is 0 Å². The summed E-state index contributed by atoms with van der Waals surface area (Å²) in [6.45, 7) is 5.95. The summed E-state index contributed by atoms with van der Waals surface area (Å²) in [5.41, 5.74) is 2.61. The van der Waals surface area contributed by atoms with Crippen LogP contribution in [-0.2, 0) is 13.0 Å². The highest BCUT2D eigenvalue weighted by molar-refractivity contribution is 5.80. The molecule has 1 aliphatic heterocycles. The molecule has 0 amide bonds. The highest BCUT2D eigenvalue weighted by Gasteiger charge is 2.24. The van der Waals surface area contributed by atoms with Crippen LogP contribution in [0, 0.1) is 0 Å². The molecule has 1 unspecified atom stereocenters. The number of aliphatic imine (C=N–C) groups is 1. The molecule has 32 heavy (non-hydrogen) atoms. The molecule has 5 heteroatoms. The Labute approximate surface area is 191 Å². The van der Waals surface area contributed by atoms with Gasteiger partial charge in [0, 0.05) is 38.1 Å². The van der Waals surface area contributed by atoms with E-state index in [1.54, 1.807) is 6.26 Å². The molecule has 5 nitrogen and oxygen atoms in total. The van der Waals surface area contributed by atoms with Gasteiger partial charge >= 0.3 is 0 Å². The first-order chi connectivity index (χ1) is 15.8. The maximum atomic E-state index is 5.46. The third-order valence-electron chi connectivity index (χ3n) is 6.21. The fourth-order valence-corrected chi connectivity index (χ4v) is 4.23. The number of hydrogen-bond donors (Lipinski definition) is 2. The molecular formula is C27H34N4O. The van der Waals surface area contributed by atoms with Gasteiger partial charge < -0.3 is 15.1 Å². The predicted octanol–water partition coefficient (Wildman–Crippen LogP) is 4.78. The zero-order valence-electron chi connectivity index (χ0n) is 18.9. The van der Waals surface area contributed by atoms with Crippen molar-refractivity contribution in [2.45, 2.75) is 44.8 Å². The second-order valence-corrected chi connectivity index (χ2v) is 8.45. The van der Waals surface area contributed by atoms with Crippen molar-refractivity contribution in [2.75, 3.05) is 19.6 Å². The van der Waals surface area contributed by atoms with Crippen LogP contribution in [-0.4, -0.2) is 36.5 Å². The SMILES string of the molecule is CC(c1ccccc1)N1CCC(NC(=NCc2ccccc2)NCCc2ccco2)CC1. The summed E-state index contributed by atoms with van der Waals surface area (Å²) >= 11 is 0. The summed E-state index contributed by atoms with van der Waals surface area (Å²) < 4.78 is 5.46. The predicted molar refractivity (Wildman–Crippen MR) is 131 cm³/mol. The Kier molecular flexibility index (Phi) is 7.99. The van der Waals surface area contributed by atoms with Crippen LogP contribution in [0.1, 0.15) is 42.7 Å². The third kappa shape index (κ3) is 6.47. The van der Waals surface area contributed by atoms with Crippen molar-refractivity contribution in [3.05, 3.63) is 95.9 Å². The summed E-state index contributed by atoms with van der Waals surface area (Å²) in [6.07, 6.45) is 4.79. The van der Waals surface area contributed by atoms with Crippen LogP contribution in [0.25, 0.3) is 0 Å². The number of hydrogen-bond acceptors (Lipinski definition) is 3. The molecule has 1 aromatic heterocycles. The Morgan fingerprint density at radius 2 is 1.72 bits per heavy atom. The fraction of sp³-hybridized carbons (Fsp3) is 0.370. The lowest BCUT2D eigenvalue weighted by molar-refractivity contribution is 0.158. The maximum absolute atomic E-state index is 5.46. The van der Waals surface area contributed by atoms with Crippen LogP contribution >= 0.6 is 0 Å². The van der Waals surface area contributed by atoms with E-state index >= 15 is 0 Å². The van der Waals surface area contributed by atoms with Gasteiger partial charge in [-0.2, -0.15) is 0 Å². The van der Waals surface area contributed by atoms with Crippen molar-refractivity contribution in [3.8, 4) is 0 Å². The Morgan fingerprint density at radius 1 is 1.00 bits per heavy atom. The summed E-state index contributed by atoms with van der Waals surface area (Å²) in [4.78, 5) is 7.44. The van der Waals surface area contributed by atoms with E-state index < -0.39 is 0 Å². The molecule has 1 fully saturated rings. The Bertz CT molecular complexity index is 932. The molecule has 168 valence electrons. The van der Waals surface area contributed by atoms with E-state index in [0.29, 0.717) is 18.6 Å². The van der Waals surface area contributed by atoms with Gasteiger partial charge in [-0.1, -0.05) is 60.7 Å². The zero-order chi connectivity index (χ0) is 22.0. The van der Waals surface area contributed by atoms with E-state index in [9.17, 15) is 0 Å². The molecule has 4 rings (SSSR count). The van der Waals surface area contributed by atoms with Gasteiger partial charge in [0.15, 0.2) is 5.96 Å². The Morgan fingerprint density at radius 3 is 2.41 bits per heavy atom. The lowest BCUT2D eigenvalue weighted by atomic mass is 10.0. The summed E-state index contributed by atoms with van der Waals surface area (Å²) in [5.74, 6) is 1.87. The van der Waals surface area contributed by atoms with Crippen molar-refractivity contribution >= 4 is 5.96 Å². The third-order valence-corrected chi connectivity index (χ3v) is 6.21. The minimum Gasteiger partial charge on any atom is -0.469 e. The first-order valence-electron chi connectivity index (χ1n) is 11.7. The highest BCUT2D eigenvalue weighted by atomic mass is 16.3. The lowest BCUT2D eigenvalue weighted by Gasteiger charge is -2.37. The highest BCUT2D eigenvalue weighted by Crippen LogP contribution is 2.24. The lowest BCUT2D eigenvalue weighted by Crippen LogP contribution is -2.49. The van der Waals surface area contributed by atoms with Crippen LogP contribution in [0.4, 0.5) is 0 Å². The number of benzene rings is 2. The molecule has 2 aromatic carbocycles. The first kappa shape index (κ1) is 22.2. The van der Waals surface area contributed by atoms with Crippen molar-refractivity contribution in [3.63, 3.8) is 0 Å². The number of rotatable bonds is 8. The maximum Gasteiger partial charge on any atom is 0.191 e. The van der Waals surface area contributed by atoms with Crippen molar-refractivity contribution in [1.82, 2.24) is 15.5 Å². The van der Waals surface area contributed by atoms with E-state index in [1.807, 2.05) is 18.2 Å². The normalized spacial score (nSPS) is 16.6. The average Bonchev–Trinajstić information content (AvgIpc) is 3.37. The molecule has 3 aromatic rings. The topological polar surface area (TPSA) is 52.8 Å². The number of furan rings is 1. The monoisotopic (exact) mass is 430 g/mol. The summed E-state index contributed by atoms with van der Waals surface area (Å²) in [5, 5.41) is 7.19. The van der Waals surface area contributed by atoms with E-state index in [4.69, 9.17) is 9.41 Å². The van der Waals surface area contributed by atoms with E-state index in [1.165, 1.54) is 11.1 Å². The van der Waals surface area contributed by atoms with Gasteiger partial charge in [-0.25, -0.2) is 4.99 Å². The first-order valence-corrected chi connectivity index (χ1v) is 11.7. The van der Waals surface area contributed by atoms with Crippen molar-refractivity contribution in [1.29, 1.82) is 0 Å². The van der Waals surface area contributed by atoms with E-state index in [2.05, 4.69) is 77.1 Å². The van der Waals surface area contributed by atoms with Crippen LogP contribution in [0.3, 0.4) is 0 Å².